The molecule has 148 valence electrons. The Morgan fingerprint density at radius 3 is 2.48 bits per heavy atom. The van der Waals surface area contributed by atoms with Crippen molar-refractivity contribution in [3.8, 4) is 22.3 Å². The largest absolute Gasteiger partial charge is 0.465 e. The number of fused-ring (bicyclic) bond motifs is 1. The summed E-state index contributed by atoms with van der Waals surface area (Å²) in [6.45, 7) is 6.29. The number of hydrogen-bond donors (Lipinski definition) is 0. The molecule has 29 heavy (non-hydrogen) atoms. The molecule has 4 heteroatoms. The molecule has 0 saturated heterocycles. The van der Waals surface area contributed by atoms with Gasteiger partial charge >= 0.3 is 5.97 Å². The number of hydrogen-bond acceptors (Lipinski definition) is 3. The van der Waals surface area contributed by atoms with Crippen molar-refractivity contribution in [2.45, 2.75) is 26.9 Å². The molecule has 3 nitrogen and oxygen atoms in total. The molecule has 1 aliphatic rings. The van der Waals surface area contributed by atoms with E-state index < -0.39 is 0 Å². The van der Waals surface area contributed by atoms with Crippen LogP contribution >= 0.6 is 11.6 Å². The first-order valence-electron chi connectivity index (χ1n) is 9.91. The van der Waals surface area contributed by atoms with Crippen LogP contribution in [0.5, 0.6) is 0 Å². The average Bonchev–Trinajstić information content (AvgIpc) is 3.10. The third-order valence-corrected chi connectivity index (χ3v) is 5.79. The van der Waals surface area contributed by atoms with E-state index in [4.69, 9.17) is 16.3 Å². The fourth-order valence-corrected chi connectivity index (χ4v) is 4.29. The van der Waals surface area contributed by atoms with Crippen LogP contribution in [0, 0.1) is 6.92 Å². The lowest BCUT2D eigenvalue weighted by Gasteiger charge is -2.14. The number of benzene rings is 3. The van der Waals surface area contributed by atoms with E-state index >= 15 is 0 Å². The van der Waals surface area contributed by atoms with Gasteiger partial charge in [-0.05, 0) is 59.4 Å². The molecule has 1 aliphatic heterocycles. The van der Waals surface area contributed by atoms with E-state index in [2.05, 4.69) is 54.3 Å². The van der Waals surface area contributed by atoms with Gasteiger partial charge in [0, 0.05) is 23.7 Å². The number of carbonyl (C=O) groups excluding carboxylic acids is 1. The Morgan fingerprint density at radius 2 is 1.69 bits per heavy atom. The molecule has 3 aromatic rings. The highest BCUT2D eigenvalue weighted by Gasteiger charge is 2.22. The maximum atomic E-state index is 11.8. The van der Waals surface area contributed by atoms with Crippen molar-refractivity contribution in [1.82, 2.24) is 4.90 Å². The zero-order valence-corrected chi connectivity index (χ0v) is 17.5. The van der Waals surface area contributed by atoms with Crippen LogP contribution in [0.3, 0.4) is 0 Å². The summed E-state index contributed by atoms with van der Waals surface area (Å²) in [5, 5.41) is 0.760. The molecule has 1 heterocycles. The van der Waals surface area contributed by atoms with Crippen LogP contribution in [0.4, 0.5) is 0 Å². The van der Waals surface area contributed by atoms with Gasteiger partial charge in [-0.2, -0.15) is 0 Å². The Labute approximate surface area is 176 Å². The summed E-state index contributed by atoms with van der Waals surface area (Å²) in [7, 11) is 0. The summed E-state index contributed by atoms with van der Waals surface area (Å²) in [4.78, 5) is 13.9. The van der Waals surface area contributed by atoms with Crippen LogP contribution in [0.15, 0.2) is 60.7 Å². The molecule has 0 unspecified atom stereocenters. The van der Waals surface area contributed by atoms with Crippen molar-refractivity contribution in [1.29, 1.82) is 0 Å². The van der Waals surface area contributed by atoms with E-state index in [1.807, 2.05) is 25.1 Å². The molecule has 0 fully saturated rings. The first kappa shape index (κ1) is 19.7. The lowest BCUT2D eigenvalue weighted by atomic mass is 9.91. The van der Waals surface area contributed by atoms with Gasteiger partial charge in [-0.25, -0.2) is 0 Å². The van der Waals surface area contributed by atoms with E-state index in [9.17, 15) is 4.79 Å². The van der Waals surface area contributed by atoms with Gasteiger partial charge in [-0.1, -0.05) is 60.1 Å². The number of nitrogens with zero attached hydrogens (tertiary/aromatic N) is 1. The normalized spacial score (nSPS) is 13.3. The lowest BCUT2D eigenvalue weighted by molar-refractivity contribution is -0.144. The summed E-state index contributed by atoms with van der Waals surface area (Å²) in [5.74, 6) is -0.163. The minimum absolute atomic E-state index is 0.163. The number of ether oxygens (including phenoxy) is 1. The number of esters is 1. The summed E-state index contributed by atoms with van der Waals surface area (Å²) in [6.07, 6.45) is 0. The second kappa shape index (κ2) is 8.40. The topological polar surface area (TPSA) is 29.5 Å². The van der Waals surface area contributed by atoms with Gasteiger partial charge in [-0.15, -0.1) is 0 Å². The van der Waals surface area contributed by atoms with E-state index in [-0.39, 0.29) is 5.97 Å². The molecule has 0 radical (unpaired) electrons. The maximum Gasteiger partial charge on any atom is 0.320 e. The van der Waals surface area contributed by atoms with Crippen LogP contribution in [-0.2, 0) is 22.6 Å². The van der Waals surface area contributed by atoms with Crippen molar-refractivity contribution >= 4 is 17.6 Å². The monoisotopic (exact) mass is 405 g/mol. The molecule has 0 aromatic heterocycles. The van der Waals surface area contributed by atoms with E-state index in [1.165, 1.54) is 27.8 Å². The fourth-order valence-electron chi connectivity index (χ4n) is 4.05. The van der Waals surface area contributed by atoms with Crippen molar-refractivity contribution in [2.24, 2.45) is 0 Å². The first-order chi connectivity index (χ1) is 14.1. The molecule has 0 saturated carbocycles. The van der Waals surface area contributed by atoms with Crippen LogP contribution in [0.2, 0.25) is 5.02 Å². The molecule has 0 spiro atoms. The van der Waals surface area contributed by atoms with Crippen LogP contribution < -0.4 is 0 Å². The van der Waals surface area contributed by atoms with Crippen molar-refractivity contribution in [2.75, 3.05) is 13.2 Å². The van der Waals surface area contributed by atoms with E-state index in [0.717, 1.165) is 29.2 Å². The molecule has 0 bridgehead atoms. The number of rotatable bonds is 5. The summed E-state index contributed by atoms with van der Waals surface area (Å²) in [6, 6.07) is 20.9. The molecular weight excluding hydrogens is 382 g/mol. The van der Waals surface area contributed by atoms with Crippen molar-refractivity contribution < 1.29 is 9.53 Å². The summed E-state index contributed by atoms with van der Waals surface area (Å²) >= 11 is 6.44. The zero-order valence-electron chi connectivity index (χ0n) is 16.7. The minimum Gasteiger partial charge on any atom is -0.465 e. The van der Waals surface area contributed by atoms with Crippen LogP contribution in [-0.4, -0.2) is 24.0 Å². The zero-order chi connectivity index (χ0) is 20.4. The predicted molar refractivity (Wildman–Crippen MR) is 118 cm³/mol. The van der Waals surface area contributed by atoms with Crippen LogP contribution in [0.1, 0.15) is 23.6 Å². The molecular formula is C25H24ClNO2. The Bertz CT molecular complexity index is 1060. The SMILES string of the molecule is CCOC(=O)CN1Cc2ccc(-c3cccc(-c4ccccc4Cl)c3C)cc2C1. The highest BCUT2D eigenvalue weighted by Crippen LogP contribution is 2.36. The van der Waals surface area contributed by atoms with Gasteiger partial charge in [0.2, 0.25) is 0 Å². The predicted octanol–water partition coefficient (Wildman–Crippen LogP) is 5.86. The molecule has 0 N–H and O–H groups in total. The van der Waals surface area contributed by atoms with Gasteiger partial charge in [-0.3, -0.25) is 9.69 Å². The van der Waals surface area contributed by atoms with Gasteiger partial charge < -0.3 is 4.74 Å². The molecule has 4 rings (SSSR count). The Kier molecular flexibility index (Phi) is 5.70. The Hall–Kier alpha value is -2.62. The standard InChI is InChI=1S/C25H24ClNO2/c1-3-29-25(28)16-27-14-19-12-11-18(13-20(19)15-27)21-8-6-9-22(17(21)2)23-7-4-5-10-24(23)26/h4-13H,3,14-16H2,1-2H3. The maximum absolute atomic E-state index is 11.8. The third kappa shape index (κ3) is 4.07. The molecule has 0 amide bonds. The van der Waals surface area contributed by atoms with E-state index in [1.54, 1.807) is 0 Å². The highest BCUT2D eigenvalue weighted by atomic mass is 35.5. The second-order valence-corrected chi connectivity index (χ2v) is 7.80. The summed E-state index contributed by atoms with van der Waals surface area (Å²) in [5.41, 5.74) is 8.35. The number of halogens is 1. The smallest absolute Gasteiger partial charge is 0.320 e. The highest BCUT2D eigenvalue weighted by molar-refractivity contribution is 6.33. The van der Waals surface area contributed by atoms with Crippen LogP contribution in [0.25, 0.3) is 22.3 Å². The van der Waals surface area contributed by atoms with Crippen molar-refractivity contribution in [3.05, 3.63) is 82.4 Å². The Balaban J connectivity index is 1.63. The minimum atomic E-state index is -0.163. The fraction of sp³-hybridized carbons (Fsp3) is 0.240. The quantitative estimate of drug-likeness (QED) is 0.498. The third-order valence-electron chi connectivity index (χ3n) is 5.46. The lowest BCUT2D eigenvalue weighted by Crippen LogP contribution is -2.26. The molecule has 0 aliphatic carbocycles. The Morgan fingerprint density at radius 1 is 0.966 bits per heavy atom. The summed E-state index contributed by atoms with van der Waals surface area (Å²) < 4.78 is 5.08. The number of carbonyl (C=O) groups is 1. The van der Waals surface area contributed by atoms with Gasteiger partial charge in [0.15, 0.2) is 0 Å². The van der Waals surface area contributed by atoms with Gasteiger partial charge in [0.25, 0.3) is 0 Å². The average molecular weight is 406 g/mol. The molecule has 3 aromatic carbocycles. The van der Waals surface area contributed by atoms with E-state index in [0.29, 0.717) is 13.2 Å². The van der Waals surface area contributed by atoms with Crippen molar-refractivity contribution in [3.63, 3.8) is 0 Å². The molecule has 0 atom stereocenters. The van der Waals surface area contributed by atoms with Gasteiger partial charge in [0.1, 0.15) is 0 Å². The van der Waals surface area contributed by atoms with Gasteiger partial charge in [0.05, 0.1) is 13.2 Å². The second-order valence-electron chi connectivity index (χ2n) is 7.39. The first-order valence-corrected chi connectivity index (χ1v) is 10.3.